The van der Waals surface area contributed by atoms with Gasteiger partial charge in [0.15, 0.2) is 0 Å². The average molecular weight is 444 g/mol. The van der Waals surface area contributed by atoms with Crippen LogP contribution in [0, 0.1) is 0 Å². The molecule has 3 rings (SSSR count). The van der Waals surface area contributed by atoms with Gasteiger partial charge < -0.3 is 4.74 Å². The Hall–Kier alpha value is -2.63. The first kappa shape index (κ1) is 19.1. The summed E-state index contributed by atoms with van der Waals surface area (Å²) in [5.74, 6) is 0.404. The fourth-order valence-corrected chi connectivity index (χ4v) is 2.99. The summed E-state index contributed by atoms with van der Waals surface area (Å²) in [5, 5.41) is 4.68. The summed E-state index contributed by atoms with van der Waals surface area (Å²) in [6.45, 7) is 0.374. The number of hydrogen-bond donors (Lipinski definition) is 1. The van der Waals surface area contributed by atoms with Crippen molar-refractivity contribution >= 4 is 39.7 Å². The van der Waals surface area contributed by atoms with E-state index < -0.39 is 0 Å². The van der Waals surface area contributed by atoms with Crippen molar-refractivity contribution in [1.29, 1.82) is 0 Å². The van der Waals surface area contributed by atoms with Gasteiger partial charge in [0.25, 0.3) is 5.91 Å². The van der Waals surface area contributed by atoms with Gasteiger partial charge in [-0.25, -0.2) is 5.43 Å². The number of amides is 1. The molecule has 0 aliphatic carbocycles. The fourth-order valence-electron chi connectivity index (χ4n) is 2.33. The molecule has 1 amide bonds. The second-order valence-electron chi connectivity index (χ2n) is 5.63. The number of hydrazone groups is 1. The molecular weight excluding hydrogens is 428 g/mol. The zero-order valence-electron chi connectivity index (χ0n) is 14.2. The van der Waals surface area contributed by atoms with Gasteiger partial charge in [-0.2, -0.15) is 5.10 Å². The molecule has 0 saturated carbocycles. The summed E-state index contributed by atoms with van der Waals surface area (Å²) >= 11 is 9.48. The Labute approximate surface area is 171 Å². The maximum atomic E-state index is 12.1. The second kappa shape index (κ2) is 9.35. The molecule has 0 radical (unpaired) electrons. The van der Waals surface area contributed by atoms with Gasteiger partial charge in [0.1, 0.15) is 12.4 Å². The maximum absolute atomic E-state index is 12.1. The Morgan fingerprint density at radius 2 is 1.85 bits per heavy atom. The topological polar surface area (TPSA) is 50.7 Å². The van der Waals surface area contributed by atoms with Gasteiger partial charge in [-0.3, -0.25) is 4.79 Å². The standard InChI is InChI=1S/C21H16BrClN2O2/c22-19-10-3-2-9-18(19)21(26)25-24-13-15-6-5-8-17(12-15)27-14-16-7-1-4-11-20(16)23/h1-13H,14H2,(H,25,26)/b24-13+. The van der Waals surface area contributed by atoms with E-state index in [4.69, 9.17) is 16.3 Å². The number of nitrogens with zero attached hydrogens (tertiary/aromatic N) is 1. The molecule has 0 atom stereocenters. The van der Waals surface area contributed by atoms with Crippen LogP contribution in [-0.2, 0) is 6.61 Å². The number of hydrogen-bond acceptors (Lipinski definition) is 3. The predicted molar refractivity (Wildman–Crippen MR) is 111 cm³/mol. The van der Waals surface area contributed by atoms with Crippen molar-refractivity contribution in [3.8, 4) is 5.75 Å². The molecule has 136 valence electrons. The second-order valence-corrected chi connectivity index (χ2v) is 6.89. The van der Waals surface area contributed by atoms with Gasteiger partial charge in [0, 0.05) is 15.1 Å². The van der Waals surface area contributed by atoms with Crippen LogP contribution in [0.2, 0.25) is 5.02 Å². The maximum Gasteiger partial charge on any atom is 0.272 e. The Morgan fingerprint density at radius 1 is 1.07 bits per heavy atom. The van der Waals surface area contributed by atoms with Crippen molar-refractivity contribution in [1.82, 2.24) is 5.43 Å². The normalized spacial score (nSPS) is 10.7. The van der Waals surface area contributed by atoms with Crippen molar-refractivity contribution in [3.05, 3.63) is 99.0 Å². The van der Waals surface area contributed by atoms with Crippen molar-refractivity contribution in [2.75, 3.05) is 0 Å². The molecule has 0 bridgehead atoms. The van der Waals surface area contributed by atoms with Crippen LogP contribution in [0.1, 0.15) is 21.5 Å². The van der Waals surface area contributed by atoms with E-state index in [1.807, 2.05) is 54.6 Å². The Bertz CT molecular complexity index is 976. The van der Waals surface area contributed by atoms with Gasteiger partial charge in [0.05, 0.1) is 11.8 Å². The third kappa shape index (κ3) is 5.42. The smallest absolute Gasteiger partial charge is 0.272 e. The highest BCUT2D eigenvalue weighted by Gasteiger charge is 2.07. The van der Waals surface area contributed by atoms with E-state index in [0.717, 1.165) is 11.1 Å². The average Bonchev–Trinajstić information content (AvgIpc) is 2.68. The summed E-state index contributed by atoms with van der Waals surface area (Å²) < 4.78 is 6.50. The van der Waals surface area contributed by atoms with Crippen LogP contribution in [0.3, 0.4) is 0 Å². The number of nitrogens with one attached hydrogen (secondary N) is 1. The van der Waals surface area contributed by atoms with E-state index in [0.29, 0.717) is 27.4 Å². The summed E-state index contributed by atoms with van der Waals surface area (Å²) in [6.07, 6.45) is 1.57. The van der Waals surface area contributed by atoms with E-state index in [2.05, 4.69) is 26.5 Å². The molecule has 0 heterocycles. The molecule has 0 fully saturated rings. The number of carbonyl (C=O) groups is 1. The minimum Gasteiger partial charge on any atom is -0.489 e. The molecular formula is C21H16BrClN2O2. The van der Waals surface area contributed by atoms with Crippen LogP contribution in [0.25, 0.3) is 0 Å². The van der Waals surface area contributed by atoms with E-state index in [9.17, 15) is 4.79 Å². The Balaban J connectivity index is 1.60. The van der Waals surface area contributed by atoms with E-state index in [1.54, 1.807) is 24.4 Å². The lowest BCUT2D eigenvalue weighted by atomic mass is 10.2. The molecule has 0 unspecified atom stereocenters. The Morgan fingerprint density at radius 3 is 2.67 bits per heavy atom. The van der Waals surface area contributed by atoms with Crippen LogP contribution in [0.4, 0.5) is 0 Å². The van der Waals surface area contributed by atoms with E-state index in [-0.39, 0.29) is 5.91 Å². The monoisotopic (exact) mass is 442 g/mol. The third-order valence-corrected chi connectivity index (χ3v) is 4.77. The van der Waals surface area contributed by atoms with Crippen LogP contribution >= 0.6 is 27.5 Å². The molecule has 1 N–H and O–H groups in total. The molecule has 3 aromatic rings. The third-order valence-electron chi connectivity index (χ3n) is 3.71. The van der Waals surface area contributed by atoms with Gasteiger partial charge in [-0.1, -0.05) is 54.1 Å². The van der Waals surface area contributed by atoms with Crippen molar-refractivity contribution < 1.29 is 9.53 Å². The molecule has 4 nitrogen and oxygen atoms in total. The van der Waals surface area contributed by atoms with Crippen LogP contribution < -0.4 is 10.2 Å². The highest BCUT2D eigenvalue weighted by atomic mass is 79.9. The fraction of sp³-hybridized carbons (Fsp3) is 0.0476. The zero-order valence-corrected chi connectivity index (χ0v) is 16.6. The molecule has 0 saturated heterocycles. The SMILES string of the molecule is O=C(N/N=C/c1cccc(OCc2ccccc2Cl)c1)c1ccccc1Br. The Kier molecular flexibility index (Phi) is 6.63. The van der Waals surface area contributed by atoms with Gasteiger partial charge in [0.2, 0.25) is 0 Å². The van der Waals surface area contributed by atoms with Gasteiger partial charge in [-0.15, -0.1) is 0 Å². The summed E-state index contributed by atoms with van der Waals surface area (Å²) in [6, 6.07) is 22.1. The predicted octanol–water partition coefficient (Wildman–Crippen LogP) is 5.45. The highest BCUT2D eigenvalue weighted by molar-refractivity contribution is 9.10. The van der Waals surface area contributed by atoms with Crippen LogP contribution in [0.15, 0.2) is 82.4 Å². The number of ether oxygens (including phenoxy) is 1. The van der Waals surface area contributed by atoms with Gasteiger partial charge in [-0.05, 0) is 51.8 Å². The summed E-state index contributed by atoms with van der Waals surface area (Å²) in [7, 11) is 0. The first-order valence-corrected chi connectivity index (χ1v) is 9.35. The quantitative estimate of drug-likeness (QED) is 0.407. The van der Waals surface area contributed by atoms with Crippen LogP contribution in [0.5, 0.6) is 5.75 Å². The minimum atomic E-state index is -0.287. The summed E-state index contributed by atoms with van der Waals surface area (Å²) in [4.78, 5) is 12.1. The van der Waals surface area contributed by atoms with Crippen molar-refractivity contribution in [3.63, 3.8) is 0 Å². The minimum absolute atomic E-state index is 0.287. The molecule has 27 heavy (non-hydrogen) atoms. The van der Waals surface area contributed by atoms with Crippen molar-refractivity contribution in [2.24, 2.45) is 5.10 Å². The van der Waals surface area contributed by atoms with E-state index >= 15 is 0 Å². The first-order chi connectivity index (χ1) is 13.1. The molecule has 0 aliphatic heterocycles. The van der Waals surface area contributed by atoms with Gasteiger partial charge >= 0.3 is 0 Å². The molecule has 0 aliphatic rings. The largest absolute Gasteiger partial charge is 0.489 e. The number of benzene rings is 3. The molecule has 0 aromatic heterocycles. The van der Waals surface area contributed by atoms with Crippen molar-refractivity contribution in [2.45, 2.75) is 6.61 Å². The number of carbonyl (C=O) groups excluding carboxylic acids is 1. The lowest BCUT2D eigenvalue weighted by Crippen LogP contribution is -2.18. The molecule has 6 heteroatoms. The van der Waals surface area contributed by atoms with Crippen LogP contribution in [-0.4, -0.2) is 12.1 Å². The molecule has 3 aromatic carbocycles. The highest BCUT2D eigenvalue weighted by Crippen LogP contribution is 2.19. The lowest BCUT2D eigenvalue weighted by Gasteiger charge is -2.08. The number of halogens is 2. The summed E-state index contributed by atoms with van der Waals surface area (Å²) in [5.41, 5.74) is 4.76. The first-order valence-electron chi connectivity index (χ1n) is 8.17. The number of rotatable bonds is 6. The zero-order chi connectivity index (χ0) is 19.1. The molecule has 0 spiro atoms. The van der Waals surface area contributed by atoms with E-state index in [1.165, 1.54) is 0 Å². The lowest BCUT2D eigenvalue weighted by molar-refractivity contribution is 0.0954.